The summed E-state index contributed by atoms with van der Waals surface area (Å²) in [6.45, 7) is 9.45. The van der Waals surface area contributed by atoms with E-state index in [1.165, 1.54) is 0 Å². The molecule has 0 spiro atoms. The second-order valence-electron chi connectivity index (χ2n) is 6.07. The van der Waals surface area contributed by atoms with Gasteiger partial charge in [-0.3, -0.25) is 9.79 Å². The number of methoxy groups -OCH3 is 1. The van der Waals surface area contributed by atoms with E-state index in [1.54, 1.807) is 26.0 Å². The summed E-state index contributed by atoms with van der Waals surface area (Å²) >= 11 is 0. The minimum absolute atomic E-state index is 0.0124. The number of hydrogen-bond donors (Lipinski definition) is 0. The fourth-order valence-corrected chi connectivity index (χ4v) is 2.28. The Morgan fingerprint density at radius 2 is 1.61 bits per heavy atom. The van der Waals surface area contributed by atoms with Crippen LogP contribution in [0.1, 0.15) is 31.9 Å². The first-order valence-corrected chi connectivity index (χ1v) is 9.18. The average Bonchev–Trinajstić information content (AvgIpc) is 2.86. The lowest BCUT2D eigenvalue weighted by atomic mass is 10.0. The summed E-state index contributed by atoms with van der Waals surface area (Å²) in [6.07, 6.45) is 4.00. The minimum atomic E-state index is 0.0124. The Labute approximate surface area is 168 Å². The lowest BCUT2D eigenvalue weighted by Gasteiger charge is -2.17. The summed E-state index contributed by atoms with van der Waals surface area (Å²) in [7, 11) is 3.40. The third-order valence-corrected chi connectivity index (χ3v) is 4.00. The molecule has 1 amide bonds. The number of anilines is 1. The minimum Gasteiger partial charge on any atom is -0.502 e. The van der Waals surface area contributed by atoms with Crippen LogP contribution in [0.3, 0.4) is 0 Å². The molecule has 0 saturated heterocycles. The number of rotatable bonds is 2. The summed E-state index contributed by atoms with van der Waals surface area (Å²) in [4.78, 5) is 18.1. The number of ether oxygens (including phenoxy) is 1. The van der Waals surface area contributed by atoms with Gasteiger partial charge in [0.15, 0.2) is 0 Å². The van der Waals surface area contributed by atoms with Gasteiger partial charge in [0.05, 0.1) is 24.3 Å². The van der Waals surface area contributed by atoms with Crippen LogP contribution in [-0.4, -0.2) is 32.3 Å². The topological polar surface area (TPSA) is 41.9 Å². The van der Waals surface area contributed by atoms with Gasteiger partial charge in [-0.05, 0) is 26.8 Å². The van der Waals surface area contributed by atoms with E-state index in [0.717, 1.165) is 28.3 Å². The molecule has 0 fully saturated rings. The Kier molecular flexibility index (Phi) is 10.0. The fraction of sp³-hybridized carbons (Fsp3) is 0.250. The smallest absolute Gasteiger partial charge is 0.248 e. The Morgan fingerprint density at radius 1 is 1.07 bits per heavy atom. The van der Waals surface area contributed by atoms with E-state index in [0.29, 0.717) is 0 Å². The van der Waals surface area contributed by atoms with Gasteiger partial charge in [0, 0.05) is 18.2 Å². The zero-order chi connectivity index (χ0) is 20.9. The van der Waals surface area contributed by atoms with Crippen molar-refractivity contribution in [2.75, 3.05) is 25.6 Å². The Balaban J connectivity index is 0.000000369. The standard InChI is InChI=1S/C16H14N2O.C4H8O.C4H8/c1-18-14-10-6-5-9-13(14)16(17-11-15(18)19)12-7-3-2-4-8-12;1-4(2)5-3;1-3-4-2/h2-10H,11H2,1H3;1H2,2-3H3;3-4H,1-2H3/b;;4-3-. The molecule has 3 rings (SSSR count). The van der Waals surface area contributed by atoms with Gasteiger partial charge in [-0.15, -0.1) is 0 Å². The summed E-state index contributed by atoms with van der Waals surface area (Å²) < 4.78 is 4.56. The van der Waals surface area contributed by atoms with E-state index in [-0.39, 0.29) is 12.5 Å². The second-order valence-corrected chi connectivity index (χ2v) is 6.07. The number of benzodiazepines with no additional fused rings is 1. The van der Waals surface area contributed by atoms with Crippen LogP contribution >= 0.6 is 0 Å². The maximum absolute atomic E-state index is 12.0. The summed E-state index contributed by atoms with van der Waals surface area (Å²) in [5.41, 5.74) is 3.83. The van der Waals surface area contributed by atoms with Crippen LogP contribution in [0.15, 0.2) is 84.1 Å². The zero-order valence-corrected chi connectivity index (χ0v) is 17.5. The van der Waals surface area contributed by atoms with Gasteiger partial charge in [0.1, 0.15) is 6.54 Å². The van der Waals surface area contributed by atoms with Crippen molar-refractivity contribution in [3.05, 3.63) is 90.2 Å². The summed E-state index contributed by atoms with van der Waals surface area (Å²) in [5.74, 6) is 0.767. The van der Waals surface area contributed by atoms with Crippen LogP contribution in [0, 0.1) is 0 Å². The third kappa shape index (κ3) is 6.88. The van der Waals surface area contributed by atoms with E-state index < -0.39 is 0 Å². The van der Waals surface area contributed by atoms with Crippen LogP contribution in [0.2, 0.25) is 0 Å². The molecule has 28 heavy (non-hydrogen) atoms. The van der Waals surface area contributed by atoms with Gasteiger partial charge in [0.2, 0.25) is 5.91 Å². The normalized spacial score (nSPS) is 12.5. The molecule has 1 aliphatic rings. The highest BCUT2D eigenvalue weighted by atomic mass is 16.5. The van der Waals surface area contributed by atoms with E-state index in [1.807, 2.05) is 80.6 Å². The monoisotopic (exact) mass is 378 g/mol. The van der Waals surface area contributed by atoms with Crippen LogP contribution < -0.4 is 4.90 Å². The van der Waals surface area contributed by atoms with Gasteiger partial charge in [-0.2, -0.15) is 0 Å². The highest BCUT2D eigenvalue weighted by Gasteiger charge is 2.21. The molecular weight excluding hydrogens is 348 g/mol. The molecule has 2 aromatic rings. The summed E-state index contributed by atoms with van der Waals surface area (Å²) in [6, 6.07) is 17.9. The number of fused-ring (bicyclic) bond motifs is 1. The molecule has 148 valence electrons. The first-order valence-electron chi connectivity index (χ1n) is 9.18. The number of hydrogen-bond acceptors (Lipinski definition) is 3. The maximum atomic E-state index is 12.0. The van der Waals surface area contributed by atoms with Crippen molar-refractivity contribution in [3.63, 3.8) is 0 Å². The van der Waals surface area contributed by atoms with Crippen molar-refractivity contribution in [1.82, 2.24) is 0 Å². The van der Waals surface area contributed by atoms with Crippen LogP contribution in [-0.2, 0) is 9.53 Å². The Bertz CT molecular complexity index is 820. The maximum Gasteiger partial charge on any atom is 0.248 e. The van der Waals surface area contributed by atoms with Crippen molar-refractivity contribution >= 4 is 17.3 Å². The van der Waals surface area contributed by atoms with Gasteiger partial charge >= 0.3 is 0 Å². The molecule has 4 nitrogen and oxygen atoms in total. The fourth-order valence-electron chi connectivity index (χ4n) is 2.28. The lowest BCUT2D eigenvalue weighted by molar-refractivity contribution is -0.116. The SMILES string of the molecule is C/C=C\C.C=C(C)OC.CN1C(=O)CN=C(c2ccccc2)c2ccccc21. The molecule has 0 radical (unpaired) electrons. The van der Waals surface area contributed by atoms with Crippen molar-refractivity contribution < 1.29 is 9.53 Å². The van der Waals surface area contributed by atoms with Crippen molar-refractivity contribution in [2.45, 2.75) is 20.8 Å². The number of allylic oxidation sites excluding steroid dienone is 3. The third-order valence-electron chi connectivity index (χ3n) is 4.00. The van der Waals surface area contributed by atoms with Crippen LogP contribution in [0.25, 0.3) is 0 Å². The first kappa shape index (κ1) is 22.9. The summed E-state index contributed by atoms with van der Waals surface area (Å²) in [5, 5.41) is 0. The molecule has 0 bridgehead atoms. The van der Waals surface area contributed by atoms with Crippen molar-refractivity contribution in [3.8, 4) is 0 Å². The van der Waals surface area contributed by atoms with E-state index in [2.05, 4.69) is 16.3 Å². The number of benzene rings is 2. The van der Waals surface area contributed by atoms with Gasteiger partial charge in [-0.25, -0.2) is 0 Å². The molecule has 0 atom stereocenters. The zero-order valence-electron chi connectivity index (χ0n) is 17.5. The first-order chi connectivity index (χ1) is 13.5. The van der Waals surface area contributed by atoms with Crippen molar-refractivity contribution in [1.29, 1.82) is 0 Å². The quantitative estimate of drug-likeness (QED) is 0.529. The molecule has 4 heteroatoms. The molecule has 0 saturated carbocycles. The number of para-hydroxylation sites is 1. The van der Waals surface area contributed by atoms with Crippen molar-refractivity contribution in [2.24, 2.45) is 4.99 Å². The molecule has 2 aromatic carbocycles. The van der Waals surface area contributed by atoms with Gasteiger partial charge < -0.3 is 9.64 Å². The molecule has 0 aromatic heterocycles. The Hall–Kier alpha value is -3.14. The number of aliphatic imine (C=N–C) groups is 1. The number of carbonyl (C=O) groups excluding carboxylic acids is 1. The average molecular weight is 379 g/mol. The lowest BCUT2D eigenvalue weighted by Crippen LogP contribution is -2.27. The number of nitrogens with zero attached hydrogens (tertiary/aromatic N) is 2. The number of likely N-dealkylation sites (N-methyl/N-ethyl adjacent to an activating group) is 1. The van der Waals surface area contributed by atoms with Gasteiger partial charge in [-0.1, -0.05) is 67.3 Å². The van der Waals surface area contributed by atoms with E-state index in [9.17, 15) is 4.79 Å². The molecule has 1 heterocycles. The van der Waals surface area contributed by atoms with Gasteiger partial charge in [0.25, 0.3) is 0 Å². The predicted octanol–water partition coefficient (Wildman–Crippen LogP) is 5.25. The Morgan fingerprint density at radius 3 is 2.14 bits per heavy atom. The van der Waals surface area contributed by atoms with Crippen LogP contribution in [0.4, 0.5) is 5.69 Å². The molecule has 0 unspecified atom stereocenters. The second kappa shape index (κ2) is 12.3. The molecular formula is C24H30N2O2. The highest BCUT2D eigenvalue weighted by Crippen LogP contribution is 2.25. The predicted molar refractivity (Wildman–Crippen MR) is 119 cm³/mol. The van der Waals surface area contributed by atoms with E-state index in [4.69, 9.17) is 0 Å². The number of amides is 1. The number of carbonyl (C=O) groups is 1. The highest BCUT2D eigenvalue weighted by molar-refractivity contribution is 6.19. The molecule has 0 aliphatic carbocycles. The molecule has 1 aliphatic heterocycles. The van der Waals surface area contributed by atoms with Crippen LogP contribution in [0.5, 0.6) is 0 Å². The molecule has 0 N–H and O–H groups in total. The largest absolute Gasteiger partial charge is 0.502 e. The van der Waals surface area contributed by atoms with E-state index >= 15 is 0 Å².